The van der Waals surface area contributed by atoms with Gasteiger partial charge in [0.05, 0.1) is 0 Å². The first-order valence-electron chi connectivity index (χ1n) is 7.26. The molecule has 2 aromatic heterocycles. The molecule has 1 aliphatic carbocycles. The van der Waals surface area contributed by atoms with Crippen molar-refractivity contribution in [1.29, 1.82) is 0 Å². The van der Waals surface area contributed by atoms with Crippen LogP contribution in [0.4, 0.5) is 0 Å². The highest BCUT2D eigenvalue weighted by Gasteiger charge is 2.30. The maximum atomic E-state index is 5.25. The first-order chi connectivity index (χ1) is 10.8. The van der Waals surface area contributed by atoms with Crippen LogP contribution in [0.25, 0.3) is 17.0 Å². The van der Waals surface area contributed by atoms with E-state index in [2.05, 4.69) is 25.4 Å². The van der Waals surface area contributed by atoms with Crippen molar-refractivity contribution < 1.29 is 4.84 Å². The Morgan fingerprint density at radius 2 is 1.91 bits per heavy atom. The molecule has 0 unspecified atom stereocenters. The standard InChI is InChI=1S/C15H14N6O/c1-3-11-17-18-15-16-14-12(19-21(11)15)9-7-5-6-8-10(9)13(14)20-22-4-2/h5-8H,3-4H2,1-2H3/b20-13+. The van der Waals surface area contributed by atoms with Gasteiger partial charge in [-0.2, -0.15) is 9.61 Å². The lowest BCUT2D eigenvalue weighted by Gasteiger charge is -2.01. The van der Waals surface area contributed by atoms with Crippen molar-refractivity contribution in [3.63, 3.8) is 0 Å². The molecule has 7 heteroatoms. The van der Waals surface area contributed by atoms with Crippen molar-refractivity contribution in [2.45, 2.75) is 20.3 Å². The molecule has 2 heterocycles. The fourth-order valence-electron chi connectivity index (χ4n) is 2.59. The molecule has 0 saturated carbocycles. The van der Waals surface area contributed by atoms with Crippen molar-refractivity contribution in [2.75, 3.05) is 6.61 Å². The second-order valence-electron chi connectivity index (χ2n) is 4.89. The van der Waals surface area contributed by atoms with E-state index in [-0.39, 0.29) is 0 Å². The van der Waals surface area contributed by atoms with Crippen LogP contribution in [0.1, 0.15) is 30.9 Å². The highest BCUT2D eigenvalue weighted by molar-refractivity contribution is 6.22. The zero-order chi connectivity index (χ0) is 15.1. The molecule has 0 fully saturated rings. The Morgan fingerprint density at radius 1 is 1.09 bits per heavy atom. The lowest BCUT2D eigenvalue weighted by Crippen LogP contribution is -2.07. The lowest BCUT2D eigenvalue weighted by atomic mass is 10.1. The number of hydrogen-bond acceptors (Lipinski definition) is 6. The van der Waals surface area contributed by atoms with Crippen LogP contribution in [0, 0.1) is 0 Å². The van der Waals surface area contributed by atoms with E-state index in [1.54, 1.807) is 4.52 Å². The number of nitrogens with zero attached hydrogens (tertiary/aromatic N) is 6. The van der Waals surface area contributed by atoms with Gasteiger partial charge in [0.25, 0.3) is 5.78 Å². The second-order valence-corrected chi connectivity index (χ2v) is 4.89. The minimum absolute atomic E-state index is 0.479. The summed E-state index contributed by atoms with van der Waals surface area (Å²) in [6.07, 6.45) is 0.746. The zero-order valence-corrected chi connectivity index (χ0v) is 12.3. The first kappa shape index (κ1) is 12.9. The van der Waals surface area contributed by atoms with Crippen LogP contribution in [0.15, 0.2) is 29.4 Å². The number of benzene rings is 1. The Hall–Kier alpha value is -2.83. The van der Waals surface area contributed by atoms with E-state index >= 15 is 0 Å². The molecule has 0 spiro atoms. The van der Waals surface area contributed by atoms with Crippen LogP contribution in [0.5, 0.6) is 0 Å². The van der Waals surface area contributed by atoms with Gasteiger partial charge >= 0.3 is 0 Å². The van der Waals surface area contributed by atoms with Gasteiger partial charge in [-0.15, -0.1) is 10.2 Å². The molecule has 110 valence electrons. The van der Waals surface area contributed by atoms with Gasteiger partial charge in [-0.25, -0.2) is 4.98 Å². The first-order valence-corrected chi connectivity index (χ1v) is 7.26. The van der Waals surface area contributed by atoms with E-state index in [4.69, 9.17) is 4.84 Å². The predicted octanol–water partition coefficient (Wildman–Crippen LogP) is 1.85. The van der Waals surface area contributed by atoms with Crippen molar-refractivity contribution in [3.05, 3.63) is 41.3 Å². The molecule has 22 heavy (non-hydrogen) atoms. The van der Waals surface area contributed by atoms with Gasteiger partial charge in [0.1, 0.15) is 23.7 Å². The molecular weight excluding hydrogens is 280 g/mol. The topological polar surface area (TPSA) is 77.6 Å². The Bertz CT molecular complexity index is 898. The van der Waals surface area contributed by atoms with E-state index in [1.165, 1.54) is 0 Å². The average Bonchev–Trinajstić information content (AvgIpc) is 3.09. The van der Waals surface area contributed by atoms with Gasteiger partial charge in [-0.05, 0) is 6.92 Å². The monoisotopic (exact) mass is 294 g/mol. The summed E-state index contributed by atoms with van der Waals surface area (Å²) in [6.45, 7) is 4.41. The highest BCUT2D eigenvalue weighted by Crippen LogP contribution is 2.34. The Labute approximate surface area is 126 Å². The number of rotatable bonds is 3. The third kappa shape index (κ3) is 1.71. The fourth-order valence-corrected chi connectivity index (χ4v) is 2.59. The van der Waals surface area contributed by atoms with Crippen molar-refractivity contribution in [1.82, 2.24) is 24.8 Å². The van der Waals surface area contributed by atoms with Gasteiger partial charge in [0.15, 0.2) is 5.82 Å². The van der Waals surface area contributed by atoms with E-state index in [9.17, 15) is 0 Å². The third-order valence-corrected chi connectivity index (χ3v) is 3.59. The molecule has 0 saturated heterocycles. The molecular formula is C15H14N6O. The van der Waals surface area contributed by atoms with Crippen molar-refractivity contribution in [2.24, 2.45) is 5.16 Å². The van der Waals surface area contributed by atoms with Gasteiger partial charge in [0.2, 0.25) is 0 Å². The number of hydrogen-bond donors (Lipinski definition) is 0. The van der Waals surface area contributed by atoms with Crippen LogP contribution in [0.3, 0.4) is 0 Å². The molecule has 0 bridgehead atoms. The largest absolute Gasteiger partial charge is 0.396 e. The molecule has 4 rings (SSSR count). The third-order valence-electron chi connectivity index (χ3n) is 3.59. The Kier molecular flexibility index (Phi) is 2.85. The summed E-state index contributed by atoms with van der Waals surface area (Å²) in [5, 5.41) is 17.1. The van der Waals surface area contributed by atoms with Gasteiger partial charge < -0.3 is 4.84 Å². The SMILES string of the molecule is CCO/N=C1\c2ccccc2-c2nn3c(CC)nnc3nc21. The predicted molar refractivity (Wildman–Crippen MR) is 80.7 cm³/mol. The molecule has 0 atom stereocenters. The zero-order valence-electron chi connectivity index (χ0n) is 12.3. The summed E-state index contributed by atoms with van der Waals surface area (Å²) >= 11 is 0. The van der Waals surface area contributed by atoms with Crippen molar-refractivity contribution >= 4 is 11.5 Å². The maximum absolute atomic E-state index is 5.25. The molecule has 0 radical (unpaired) electrons. The number of fused-ring (bicyclic) bond motifs is 4. The summed E-state index contributed by atoms with van der Waals surface area (Å²) in [6, 6.07) is 7.96. The number of oxime groups is 1. The summed E-state index contributed by atoms with van der Waals surface area (Å²) in [5.41, 5.74) is 4.16. The Morgan fingerprint density at radius 3 is 2.68 bits per heavy atom. The van der Waals surface area contributed by atoms with Crippen molar-refractivity contribution in [3.8, 4) is 11.3 Å². The summed E-state index contributed by atoms with van der Waals surface area (Å²) in [4.78, 5) is 9.84. The quantitative estimate of drug-likeness (QED) is 0.539. The molecule has 1 aromatic carbocycles. The number of aryl methyl sites for hydroxylation is 1. The molecule has 0 aliphatic heterocycles. The van der Waals surface area contributed by atoms with E-state index in [0.717, 1.165) is 29.1 Å². The van der Waals surface area contributed by atoms with E-state index < -0.39 is 0 Å². The van der Waals surface area contributed by atoms with Gasteiger partial charge in [0, 0.05) is 17.5 Å². The van der Waals surface area contributed by atoms with Gasteiger partial charge in [-0.1, -0.05) is 36.3 Å². The van der Waals surface area contributed by atoms with Crippen LogP contribution in [-0.2, 0) is 11.3 Å². The average molecular weight is 294 g/mol. The molecule has 3 aromatic rings. The summed E-state index contributed by atoms with van der Waals surface area (Å²) in [5.74, 6) is 1.27. The Balaban J connectivity index is 2.02. The maximum Gasteiger partial charge on any atom is 0.272 e. The minimum Gasteiger partial charge on any atom is -0.396 e. The summed E-state index contributed by atoms with van der Waals surface area (Å²) in [7, 11) is 0. The molecule has 7 nitrogen and oxygen atoms in total. The molecule has 0 N–H and O–H groups in total. The smallest absolute Gasteiger partial charge is 0.272 e. The van der Waals surface area contributed by atoms with Gasteiger partial charge in [-0.3, -0.25) is 0 Å². The number of aromatic nitrogens is 5. The van der Waals surface area contributed by atoms with E-state index in [1.807, 2.05) is 38.1 Å². The van der Waals surface area contributed by atoms with E-state index in [0.29, 0.717) is 23.8 Å². The van der Waals surface area contributed by atoms with Crippen LogP contribution in [-0.4, -0.2) is 37.1 Å². The normalized spacial score (nSPS) is 14.4. The summed E-state index contributed by atoms with van der Waals surface area (Å²) < 4.78 is 1.69. The molecule has 0 amide bonds. The molecule has 1 aliphatic rings. The highest BCUT2D eigenvalue weighted by atomic mass is 16.6. The minimum atomic E-state index is 0.479. The van der Waals surface area contributed by atoms with Crippen LogP contribution in [0.2, 0.25) is 0 Å². The lowest BCUT2D eigenvalue weighted by molar-refractivity contribution is 0.159. The fraction of sp³-hybridized carbons (Fsp3) is 0.267. The van der Waals surface area contributed by atoms with Crippen LogP contribution < -0.4 is 0 Å². The second kappa shape index (κ2) is 4.87. The van der Waals surface area contributed by atoms with Crippen LogP contribution >= 0.6 is 0 Å².